The third kappa shape index (κ3) is 3.04. The molecule has 0 aliphatic carbocycles. The Kier molecular flexibility index (Phi) is 4.02. The molecule has 3 N–H and O–H groups in total. The molecule has 0 saturated carbocycles. The number of H-pyrrole nitrogens is 1. The van der Waals surface area contributed by atoms with Crippen molar-refractivity contribution in [1.82, 2.24) is 20.0 Å². The Balaban J connectivity index is 2.74. The highest BCUT2D eigenvalue weighted by Gasteiger charge is 2.17. The van der Waals surface area contributed by atoms with Gasteiger partial charge >= 0.3 is 0 Å². The Morgan fingerprint density at radius 3 is 2.75 bits per heavy atom. The Labute approximate surface area is 93.7 Å². The first-order chi connectivity index (χ1) is 7.49. The molecule has 1 aromatic heterocycles. The number of hydrogen-bond donors (Lipinski definition) is 3. The van der Waals surface area contributed by atoms with Gasteiger partial charge in [0, 0.05) is 13.5 Å². The van der Waals surface area contributed by atoms with Crippen LogP contribution in [0, 0.1) is 0 Å². The summed E-state index contributed by atoms with van der Waals surface area (Å²) >= 11 is 0. The maximum Gasteiger partial charge on any atom is 0.258 e. The lowest BCUT2D eigenvalue weighted by molar-refractivity contribution is -0.119. The van der Waals surface area contributed by atoms with Crippen LogP contribution in [0.4, 0.5) is 0 Å². The fraction of sp³-hybridized carbons (Fsp3) is 0.500. The van der Waals surface area contributed by atoms with Crippen molar-refractivity contribution < 1.29 is 13.2 Å². The Morgan fingerprint density at radius 1 is 1.56 bits per heavy atom. The number of carbonyl (C=O) groups is 1. The third-order valence-corrected chi connectivity index (χ3v) is 3.24. The van der Waals surface area contributed by atoms with E-state index in [0.717, 1.165) is 0 Å². The Hall–Kier alpha value is -1.41. The minimum Gasteiger partial charge on any atom is -0.358 e. The summed E-state index contributed by atoms with van der Waals surface area (Å²) in [6, 6.07) is 0. The number of hydrogen-bond acceptors (Lipinski definition) is 4. The molecule has 0 radical (unpaired) electrons. The smallest absolute Gasteiger partial charge is 0.258 e. The maximum atomic E-state index is 11.6. The number of amides is 1. The molecule has 1 aromatic rings. The van der Waals surface area contributed by atoms with Gasteiger partial charge in [-0.15, -0.1) is 0 Å². The van der Waals surface area contributed by atoms with Crippen molar-refractivity contribution in [3.8, 4) is 0 Å². The summed E-state index contributed by atoms with van der Waals surface area (Å²) in [7, 11) is -2.25. The highest BCUT2D eigenvalue weighted by atomic mass is 32.2. The number of likely N-dealkylation sites (N-methyl/N-ethyl adjacent to an activating group) is 1. The first-order valence-corrected chi connectivity index (χ1v) is 6.22. The van der Waals surface area contributed by atoms with Gasteiger partial charge in [0.05, 0.1) is 12.7 Å². The number of nitrogens with one attached hydrogen (secondary N) is 3. The van der Waals surface area contributed by atoms with E-state index in [4.69, 9.17) is 0 Å². The van der Waals surface area contributed by atoms with E-state index in [0.29, 0.717) is 12.2 Å². The summed E-state index contributed by atoms with van der Waals surface area (Å²) in [5.74, 6) is 0.180. The number of aromatic amines is 1. The summed E-state index contributed by atoms with van der Waals surface area (Å²) in [5, 5.41) is 2.28. The van der Waals surface area contributed by atoms with Gasteiger partial charge in [0.25, 0.3) is 10.0 Å². The summed E-state index contributed by atoms with van der Waals surface area (Å²) in [6.07, 6.45) is 1.84. The van der Waals surface area contributed by atoms with Crippen molar-refractivity contribution in [1.29, 1.82) is 0 Å². The summed E-state index contributed by atoms with van der Waals surface area (Å²) in [6.45, 7) is 1.56. The maximum absolute atomic E-state index is 11.6. The molecule has 0 atom stereocenters. The van der Waals surface area contributed by atoms with Gasteiger partial charge < -0.3 is 10.3 Å². The number of sulfonamides is 1. The van der Waals surface area contributed by atoms with Crippen molar-refractivity contribution in [3.63, 3.8) is 0 Å². The molecule has 1 amide bonds. The molecule has 8 heteroatoms. The first kappa shape index (κ1) is 12.7. The van der Waals surface area contributed by atoms with E-state index in [2.05, 4.69) is 20.0 Å². The molecule has 90 valence electrons. The molecule has 0 aromatic carbocycles. The lowest BCUT2D eigenvalue weighted by Gasteiger charge is -2.03. The van der Waals surface area contributed by atoms with E-state index in [1.54, 1.807) is 0 Å². The lowest BCUT2D eigenvalue weighted by atomic mass is 10.5. The molecule has 1 heterocycles. The zero-order valence-electron chi connectivity index (χ0n) is 9.07. The van der Waals surface area contributed by atoms with Crippen molar-refractivity contribution in [2.24, 2.45) is 0 Å². The van der Waals surface area contributed by atoms with Crippen LogP contribution in [0.15, 0.2) is 11.2 Å². The molecular formula is C8H14N4O3S. The van der Waals surface area contributed by atoms with Crippen LogP contribution in [-0.4, -0.2) is 37.9 Å². The molecule has 7 nitrogen and oxygen atoms in total. The number of carbonyl (C=O) groups excluding carboxylic acids is 1. The second kappa shape index (κ2) is 5.08. The molecule has 0 unspecified atom stereocenters. The van der Waals surface area contributed by atoms with Gasteiger partial charge in [0.1, 0.15) is 5.82 Å². The number of nitrogens with zero attached hydrogens (tertiary/aromatic N) is 1. The highest BCUT2D eigenvalue weighted by molar-refractivity contribution is 7.89. The Morgan fingerprint density at radius 2 is 2.25 bits per heavy atom. The van der Waals surface area contributed by atoms with Crippen molar-refractivity contribution in [2.45, 2.75) is 18.4 Å². The van der Waals surface area contributed by atoms with Crippen LogP contribution < -0.4 is 10.0 Å². The van der Waals surface area contributed by atoms with E-state index in [1.807, 2.05) is 6.92 Å². The monoisotopic (exact) mass is 246 g/mol. The van der Waals surface area contributed by atoms with Crippen molar-refractivity contribution in [2.75, 3.05) is 13.6 Å². The molecule has 0 aliphatic heterocycles. The van der Waals surface area contributed by atoms with Gasteiger partial charge in [-0.05, 0) is 0 Å². The fourth-order valence-corrected chi connectivity index (χ4v) is 1.91. The number of aryl methyl sites for hydroxylation is 1. The van der Waals surface area contributed by atoms with Gasteiger partial charge in [0.15, 0.2) is 5.03 Å². The highest BCUT2D eigenvalue weighted by Crippen LogP contribution is 2.05. The average Bonchev–Trinajstić information content (AvgIpc) is 2.75. The molecular weight excluding hydrogens is 232 g/mol. The predicted octanol–water partition coefficient (Wildman–Crippen LogP) is -1.00. The average molecular weight is 246 g/mol. The third-order valence-electron chi connectivity index (χ3n) is 1.93. The molecule has 0 spiro atoms. The molecule has 0 bridgehead atoms. The normalized spacial score (nSPS) is 11.4. The predicted molar refractivity (Wildman–Crippen MR) is 57.2 cm³/mol. The van der Waals surface area contributed by atoms with Crippen LogP contribution in [0.2, 0.25) is 0 Å². The van der Waals surface area contributed by atoms with Gasteiger partial charge in [-0.25, -0.2) is 18.1 Å². The van der Waals surface area contributed by atoms with E-state index in [9.17, 15) is 13.2 Å². The van der Waals surface area contributed by atoms with E-state index >= 15 is 0 Å². The molecule has 0 saturated heterocycles. The number of aromatic nitrogens is 2. The standard InChI is InChI=1S/C8H14N4O3S/c1-3-6-10-5-8(12-6)16(14,15)11-4-7(13)9-2/h5,11H,3-4H2,1-2H3,(H,9,13)(H,10,12). The SMILES string of the molecule is CCc1ncc(S(=O)(=O)NCC(=O)NC)[nH]1. The molecule has 0 fully saturated rings. The van der Waals surface area contributed by atoms with Crippen LogP contribution >= 0.6 is 0 Å². The molecule has 16 heavy (non-hydrogen) atoms. The molecule has 0 aliphatic rings. The van der Waals surface area contributed by atoms with Crippen molar-refractivity contribution in [3.05, 3.63) is 12.0 Å². The van der Waals surface area contributed by atoms with Crippen molar-refractivity contribution >= 4 is 15.9 Å². The summed E-state index contributed by atoms with van der Waals surface area (Å²) < 4.78 is 25.4. The summed E-state index contributed by atoms with van der Waals surface area (Å²) in [5.41, 5.74) is 0. The minimum atomic E-state index is -3.68. The van der Waals surface area contributed by atoms with Crippen LogP contribution in [-0.2, 0) is 21.2 Å². The van der Waals surface area contributed by atoms with Crippen LogP contribution in [0.25, 0.3) is 0 Å². The first-order valence-electron chi connectivity index (χ1n) is 4.73. The van der Waals surface area contributed by atoms with E-state index in [-0.39, 0.29) is 11.6 Å². The minimum absolute atomic E-state index is 0.0340. The van der Waals surface area contributed by atoms with Crippen LogP contribution in [0.3, 0.4) is 0 Å². The van der Waals surface area contributed by atoms with E-state index < -0.39 is 15.9 Å². The van der Waals surface area contributed by atoms with E-state index in [1.165, 1.54) is 13.2 Å². The quantitative estimate of drug-likeness (QED) is 0.619. The zero-order valence-corrected chi connectivity index (χ0v) is 9.89. The zero-order chi connectivity index (χ0) is 12.2. The topological polar surface area (TPSA) is 104 Å². The number of rotatable bonds is 5. The van der Waals surface area contributed by atoms with Gasteiger partial charge in [0.2, 0.25) is 5.91 Å². The Bertz CT molecular complexity index is 465. The van der Waals surface area contributed by atoms with Gasteiger partial charge in [-0.3, -0.25) is 4.79 Å². The largest absolute Gasteiger partial charge is 0.358 e. The lowest BCUT2D eigenvalue weighted by Crippen LogP contribution is -2.35. The molecule has 1 rings (SSSR count). The van der Waals surface area contributed by atoms with Gasteiger partial charge in [-0.1, -0.05) is 6.92 Å². The second-order valence-electron chi connectivity index (χ2n) is 3.05. The van der Waals surface area contributed by atoms with Gasteiger partial charge in [-0.2, -0.15) is 0 Å². The second-order valence-corrected chi connectivity index (χ2v) is 4.78. The van der Waals surface area contributed by atoms with Crippen LogP contribution in [0.5, 0.6) is 0 Å². The van der Waals surface area contributed by atoms with Crippen LogP contribution in [0.1, 0.15) is 12.7 Å². The number of imidazole rings is 1. The fourth-order valence-electron chi connectivity index (χ4n) is 0.986. The summed E-state index contributed by atoms with van der Waals surface area (Å²) in [4.78, 5) is 17.4.